The number of epoxide rings is 2. The number of hydrogen-bond acceptors (Lipinski definition) is 22. The Labute approximate surface area is 695 Å². The van der Waals surface area contributed by atoms with E-state index in [4.69, 9.17) is 56.8 Å². The number of unbranched alkanes of at least 4 members (excludes halogenated alkanes) is 2. The van der Waals surface area contributed by atoms with Crippen LogP contribution in [0.4, 0.5) is 78.2 Å². The fourth-order valence-electron chi connectivity index (χ4n) is 13.1. The first-order chi connectivity index (χ1) is 58.2. The molecule has 3 aliphatic rings. The minimum atomic E-state index is -0.970. The SMILES string of the molecule is CCCC1(NC(=O)OC(CCOC(=O)Nc2cccc(Cc3cccc(NC(=O)OC(=O)CCCCC(=O)OCCOCCOC(=O)Nc4cccc(Cc5cccc(NC(=O)OCCCCOC(=O)Nc6cccc(Cc7cccc(NC(=O)OCC8CO8)c7)c6)c5)c4)c3)c2)C(C)C)c2ccc(Cc3cccc(NC(=O)OCC4CO4)c3)cc21. The summed E-state index contributed by atoms with van der Waals surface area (Å²) in [6.07, 6.45) is -0.720. The van der Waals surface area contributed by atoms with E-state index in [1.807, 2.05) is 111 Å². The number of rotatable bonds is 43. The van der Waals surface area contributed by atoms with E-state index in [1.165, 1.54) is 0 Å². The lowest BCUT2D eigenvalue weighted by Crippen LogP contribution is -2.39. The van der Waals surface area contributed by atoms with Crippen LogP contribution in [0.1, 0.15) is 134 Å². The zero-order valence-corrected chi connectivity index (χ0v) is 67.2. The Morgan fingerprint density at radius 2 is 0.708 bits per heavy atom. The quantitative estimate of drug-likeness (QED) is 0.00578. The van der Waals surface area contributed by atoms with E-state index in [-0.39, 0.29) is 103 Å². The fourth-order valence-corrected chi connectivity index (χ4v) is 13.1. The van der Waals surface area contributed by atoms with Gasteiger partial charge in [0.1, 0.15) is 44.7 Å². The summed E-state index contributed by atoms with van der Waals surface area (Å²) in [5.74, 6) is -1.37. The number of carbonyl (C=O) groups excluding carboxylic acids is 10. The molecule has 2 fully saturated rings. The number of alkyl carbamates (subject to hydrolysis) is 1. The number of esters is 2. The van der Waals surface area contributed by atoms with Gasteiger partial charge < -0.3 is 62.2 Å². The summed E-state index contributed by atoms with van der Waals surface area (Å²) < 4.78 is 63.7. The van der Waals surface area contributed by atoms with Gasteiger partial charge in [0.15, 0.2) is 0 Å². The van der Waals surface area contributed by atoms with E-state index in [0.717, 1.165) is 62.1 Å². The van der Waals surface area contributed by atoms with Crippen molar-refractivity contribution in [1.82, 2.24) is 5.32 Å². The Kier molecular flexibility index (Phi) is 32.9. The van der Waals surface area contributed by atoms with Gasteiger partial charge in [-0.25, -0.2) is 38.4 Å². The number of amides is 8. The molecule has 0 saturated carbocycles. The molecule has 0 spiro atoms. The van der Waals surface area contributed by atoms with Gasteiger partial charge in [0.05, 0.1) is 51.8 Å². The predicted molar refractivity (Wildman–Crippen MR) is 445 cm³/mol. The van der Waals surface area contributed by atoms with Crippen molar-refractivity contribution < 1.29 is 105 Å². The highest BCUT2D eigenvalue weighted by atomic mass is 16.6. The van der Waals surface area contributed by atoms with Crippen molar-refractivity contribution >= 4 is 100 Å². The number of anilines is 7. The number of benzene rings is 8. The van der Waals surface area contributed by atoms with Crippen LogP contribution < -0.4 is 42.5 Å². The molecule has 2 heterocycles. The summed E-state index contributed by atoms with van der Waals surface area (Å²) in [4.78, 5) is 127. The maximum Gasteiger partial charge on any atom is 0.419 e. The second kappa shape index (κ2) is 45.0. The van der Waals surface area contributed by atoms with Gasteiger partial charge in [-0.15, -0.1) is 0 Å². The number of fused-ring (bicyclic) bond motifs is 1. The van der Waals surface area contributed by atoms with E-state index in [0.29, 0.717) is 104 Å². The average molecular weight is 1650 g/mol. The van der Waals surface area contributed by atoms with Crippen molar-refractivity contribution in [2.24, 2.45) is 5.92 Å². The van der Waals surface area contributed by atoms with Crippen molar-refractivity contribution in [2.75, 3.05) is 110 Å². The number of nitrogens with one attached hydrogen (secondary N) is 8. The predicted octanol–water partition coefficient (Wildman–Crippen LogP) is 16.7. The molecule has 1 aliphatic carbocycles. The monoisotopic (exact) mass is 1640 g/mol. The van der Waals surface area contributed by atoms with Crippen LogP contribution in [-0.2, 0) is 97.7 Å². The molecule has 8 N–H and O–H groups in total. The summed E-state index contributed by atoms with van der Waals surface area (Å²) in [5, 5.41) is 22.2. The Hall–Kier alpha value is -13.1. The van der Waals surface area contributed by atoms with Crippen molar-refractivity contribution in [3.8, 4) is 0 Å². The van der Waals surface area contributed by atoms with Crippen LogP contribution in [-0.4, -0.2) is 152 Å². The zero-order chi connectivity index (χ0) is 84.4. The van der Waals surface area contributed by atoms with E-state index >= 15 is 0 Å². The minimum Gasteiger partial charge on any atom is -0.463 e. The molecule has 0 bridgehead atoms. The third kappa shape index (κ3) is 30.5. The van der Waals surface area contributed by atoms with Gasteiger partial charge in [-0.2, -0.15) is 0 Å². The maximum atomic E-state index is 13.6. The van der Waals surface area contributed by atoms with Gasteiger partial charge >= 0.3 is 60.7 Å². The highest BCUT2D eigenvalue weighted by molar-refractivity contribution is 5.93. The van der Waals surface area contributed by atoms with Crippen LogP contribution in [0.5, 0.6) is 0 Å². The van der Waals surface area contributed by atoms with Crippen LogP contribution in [0.3, 0.4) is 0 Å². The summed E-state index contributed by atoms with van der Waals surface area (Å²) in [6.45, 7) is 7.69. The summed E-state index contributed by atoms with van der Waals surface area (Å²) in [7, 11) is 0. The Balaban J connectivity index is 0.487. The largest absolute Gasteiger partial charge is 0.463 e. The molecule has 11 rings (SSSR count). The molecule has 8 aromatic rings. The lowest BCUT2D eigenvalue weighted by Gasteiger charge is -2.24. The molecule has 8 amide bonds. The summed E-state index contributed by atoms with van der Waals surface area (Å²) in [5.41, 5.74) is 12.4. The van der Waals surface area contributed by atoms with Crippen LogP contribution >= 0.6 is 0 Å². The van der Waals surface area contributed by atoms with E-state index in [2.05, 4.69) is 55.5 Å². The highest BCUT2D eigenvalue weighted by Crippen LogP contribution is 2.51. The highest BCUT2D eigenvalue weighted by Gasteiger charge is 2.51. The van der Waals surface area contributed by atoms with Gasteiger partial charge in [-0.3, -0.25) is 46.8 Å². The first-order valence-corrected chi connectivity index (χ1v) is 40.1. The molecule has 632 valence electrons. The van der Waals surface area contributed by atoms with Crippen molar-refractivity contribution in [3.05, 3.63) is 244 Å². The molecule has 30 nitrogen and oxygen atoms in total. The van der Waals surface area contributed by atoms with Crippen molar-refractivity contribution in [1.29, 1.82) is 0 Å². The standard InChI is InChI=1S/C90H100N8O22/c1-4-35-90(77-33-32-67(54-78(77)90)46-66-22-14-28-73(52-66)96-87(106)118-58-76-56-116-76)98-89(108)119-79(59(2)3)34-38-113-84(103)93-70-25-11-18-63(49-70)45-65-21-15-29-74(53-65)97-88(107)120-81(100)31-6-5-30-80(99)110-41-39-109-40-42-114-85(104)94-71-26-12-19-62(50-71)43-60-16-9-23-68(47-60)91-82(101)111-36-7-8-37-112-83(102)92-69-24-10-17-61(48-69)44-64-20-13-27-72(51-64)95-86(105)117-57-75-55-115-75/h9-29,32-33,47-54,59,75-76,79H,4-8,30-31,34-46,55-58H2,1-3H3,(H,91,101)(H,92,102)(H,93,103)(H,94,104)(H,95,105)(H,96,106)(H,97,107)(H,98,108). The zero-order valence-electron chi connectivity index (χ0n) is 67.2. The van der Waals surface area contributed by atoms with E-state index < -0.39 is 72.3 Å². The second-order valence-corrected chi connectivity index (χ2v) is 29.3. The molecular formula is C90H100N8O22. The molecule has 4 atom stereocenters. The number of carbonyl (C=O) groups is 10. The topological polar surface area (TPSA) is 384 Å². The van der Waals surface area contributed by atoms with Gasteiger partial charge in [-0.1, -0.05) is 130 Å². The Morgan fingerprint density at radius 1 is 0.367 bits per heavy atom. The van der Waals surface area contributed by atoms with Crippen LogP contribution in [0, 0.1) is 5.92 Å². The fraction of sp³-hybridized carbons (Fsp3) is 0.356. The number of hydrogen-bond donors (Lipinski definition) is 8. The molecule has 30 heteroatoms. The smallest absolute Gasteiger partial charge is 0.419 e. The minimum absolute atomic E-state index is 0.0156. The average Bonchev–Trinajstić information content (AvgIpc) is 1.54. The molecule has 2 aliphatic heterocycles. The molecule has 4 unspecified atom stereocenters. The Bertz CT molecular complexity index is 4860. The van der Waals surface area contributed by atoms with Gasteiger partial charge in [0.25, 0.3) is 0 Å². The lowest BCUT2D eigenvalue weighted by atomic mass is 10.0. The van der Waals surface area contributed by atoms with Gasteiger partial charge in [-0.05, 0) is 204 Å². The van der Waals surface area contributed by atoms with Crippen LogP contribution in [0.2, 0.25) is 0 Å². The lowest BCUT2D eigenvalue weighted by molar-refractivity contribution is -0.145. The number of ether oxygens (including phenoxy) is 12. The molecule has 0 aromatic heterocycles. The van der Waals surface area contributed by atoms with Gasteiger partial charge in [0, 0.05) is 59.1 Å². The van der Waals surface area contributed by atoms with E-state index in [9.17, 15) is 47.9 Å². The maximum absolute atomic E-state index is 13.6. The molecule has 8 aromatic carbocycles. The first-order valence-electron chi connectivity index (χ1n) is 40.1. The third-order valence-corrected chi connectivity index (χ3v) is 19.1. The summed E-state index contributed by atoms with van der Waals surface area (Å²) >= 11 is 0. The van der Waals surface area contributed by atoms with Crippen LogP contribution in [0.15, 0.2) is 188 Å². The summed E-state index contributed by atoms with van der Waals surface area (Å²) in [6, 6.07) is 57.1. The molecular weight excluding hydrogens is 1550 g/mol. The first kappa shape index (κ1) is 87.8. The normalized spacial score (nSPS) is 14.7. The van der Waals surface area contributed by atoms with Crippen molar-refractivity contribution in [3.63, 3.8) is 0 Å². The van der Waals surface area contributed by atoms with Gasteiger partial charge in [0.2, 0.25) is 0 Å². The van der Waals surface area contributed by atoms with E-state index in [1.54, 1.807) is 84.9 Å². The molecule has 0 radical (unpaired) electrons. The second-order valence-electron chi connectivity index (χ2n) is 29.3. The molecule has 2 saturated heterocycles. The third-order valence-electron chi connectivity index (χ3n) is 19.1. The molecule has 120 heavy (non-hydrogen) atoms. The van der Waals surface area contributed by atoms with Crippen LogP contribution in [0.25, 0.3) is 0 Å². The van der Waals surface area contributed by atoms with Crippen molar-refractivity contribution in [2.45, 2.75) is 128 Å². The Morgan fingerprint density at radius 3 is 1.08 bits per heavy atom.